The highest BCUT2D eigenvalue weighted by atomic mass is 16.5. The van der Waals surface area contributed by atoms with Crippen LogP contribution < -0.4 is 15.2 Å². The van der Waals surface area contributed by atoms with E-state index in [-0.39, 0.29) is 0 Å². The monoisotopic (exact) mass is 281 g/mol. The molecule has 0 fully saturated rings. The average Bonchev–Trinajstić information content (AvgIpc) is 2.43. The maximum Gasteiger partial charge on any atom is 0.149 e. The Morgan fingerprint density at radius 2 is 1.33 bits per heavy atom. The standard InChI is InChI=1S/C18H19NO2/c1-14-11-15(2)13-18(12-14)21-10-4-3-9-20-17-7-5-16(19)6-8-17/h5-8,11-13H,9-10,19H2,1-2H3. The number of hydrogen-bond acceptors (Lipinski definition) is 3. The Kier molecular flexibility index (Phi) is 5.11. The second kappa shape index (κ2) is 7.25. The Balaban J connectivity index is 1.75. The van der Waals surface area contributed by atoms with Crippen LogP contribution >= 0.6 is 0 Å². The van der Waals surface area contributed by atoms with Gasteiger partial charge < -0.3 is 15.2 Å². The summed E-state index contributed by atoms with van der Waals surface area (Å²) in [5.41, 5.74) is 8.69. The molecule has 0 unspecified atom stereocenters. The molecule has 0 aromatic heterocycles. The molecule has 2 aromatic carbocycles. The minimum Gasteiger partial charge on any atom is -0.481 e. The van der Waals surface area contributed by atoms with E-state index >= 15 is 0 Å². The van der Waals surface area contributed by atoms with Crippen molar-refractivity contribution in [3.05, 3.63) is 53.6 Å². The van der Waals surface area contributed by atoms with Crippen LogP contribution in [-0.4, -0.2) is 13.2 Å². The minimum absolute atomic E-state index is 0.333. The van der Waals surface area contributed by atoms with Gasteiger partial charge in [0.2, 0.25) is 0 Å². The van der Waals surface area contributed by atoms with Crippen LogP contribution in [0.15, 0.2) is 42.5 Å². The topological polar surface area (TPSA) is 44.5 Å². The van der Waals surface area contributed by atoms with Crippen molar-refractivity contribution in [2.24, 2.45) is 0 Å². The normalized spacial score (nSPS) is 9.62. The number of nitrogen functional groups attached to an aromatic ring is 1. The number of anilines is 1. The fourth-order valence-corrected chi connectivity index (χ4v) is 1.92. The zero-order valence-corrected chi connectivity index (χ0v) is 12.3. The van der Waals surface area contributed by atoms with Crippen molar-refractivity contribution in [1.29, 1.82) is 0 Å². The Morgan fingerprint density at radius 3 is 1.90 bits per heavy atom. The van der Waals surface area contributed by atoms with Crippen LogP contribution in [-0.2, 0) is 0 Å². The molecule has 0 amide bonds. The summed E-state index contributed by atoms with van der Waals surface area (Å²) in [6, 6.07) is 13.3. The molecule has 2 aromatic rings. The third kappa shape index (κ3) is 5.12. The van der Waals surface area contributed by atoms with Gasteiger partial charge in [-0.3, -0.25) is 0 Å². The van der Waals surface area contributed by atoms with Crippen LogP contribution in [0.1, 0.15) is 11.1 Å². The highest BCUT2D eigenvalue weighted by molar-refractivity contribution is 5.41. The van der Waals surface area contributed by atoms with E-state index in [4.69, 9.17) is 15.2 Å². The van der Waals surface area contributed by atoms with Crippen molar-refractivity contribution in [2.75, 3.05) is 18.9 Å². The first-order valence-electron chi connectivity index (χ1n) is 6.78. The molecule has 0 spiro atoms. The first-order valence-corrected chi connectivity index (χ1v) is 6.78. The Hall–Kier alpha value is -2.60. The van der Waals surface area contributed by atoms with Crippen molar-refractivity contribution in [1.82, 2.24) is 0 Å². The molecule has 0 aliphatic carbocycles. The van der Waals surface area contributed by atoms with Crippen LogP contribution in [0.4, 0.5) is 5.69 Å². The Labute approximate surface area is 125 Å². The molecular formula is C18H19NO2. The predicted octanol–water partition coefficient (Wildman–Crippen LogP) is 3.35. The molecule has 2 rings (SSSR count). The van der Waals surface area contributed by atoms with Crippen LogP contribution in [0.2, 0.25) is 0 Å². The maximum atomic E-state index is 5.60. The number of rotatable bonds is 4. The Bertz CT molecular complexity index is 631. The van der Waals surface area contributed by atoms with Crippen molar-refractivity contribution in [3.63, 3.8) is 0 Å². The maximum absolute atomic E-state index is 5.60. The highest BCUT2D eigenvalue weighted by Crippen LogP contribution is 2.16. The zero-order chi connectivity index (χ0) is 15.1. The second-order valence-electron chi connectivity index (χ2n) is 4.82. The van der Waals surface area contributed by atoms with Crippen molar-refractivity contribution < 1.29 is 9.47 Å². The summed E-state index contributed by atoms with van der Waals surface area (Å²) in [6.45, 7) is 4.78. The molecule has 21 heavy (non-hydrogen) atoms. The second-order valence-corrected chi connectivity index (χ2v) is 4.82. The first-order chi connectivity index (χ1) is 10.1. The molecule has 0 aliphatic heterocycles. The molecule has 0 aliphatic rings. The SMILES string of the molecule is Cc1cc(C)cc(OCC#CCOc2ccc(N)cc2)c1. The van der Waals surface area contributed by atoms with Gasteiger partial charge in [0.25, 0.3) is 0 Å². The summed E-state index contributed by atoms with van der Waals surface area (Å²) in [5.74, 6) is 7.46. The lowest BCUT2D eigenvalue weighted by atomic mass is 10.1. The number of nitrogens with two attached hydrogens (primary N) is 1. The van der Waals surface area contributed by atoms with Gasteiger partial charge in [0.1, 0.15) is 24.7 Å². The molecule has 0 atom stereocenters. The number of ether oxygens (including phenoxy) is 2. The van der Waals surface area contributed by atoms with Crippen molar-refractivity contribution in [2.45, 2.75) is 13.8 Å². The van der Waals surface area contributed by atoms with Gasteiger partial charge in [0, 0.05) is 5.69 Å². The van der Waals surface area contributed by atoms with Crippen LogP contribution in [0.25, 0.3) is 0 Å². The van der Waals surface area contributed by atoms with E-state index in [1.165, 1.54) is 11.1 Å². The van der Waals surface area contributed by atoms with Crippen LogP contribution in [0.3, 0.4) is 0 Å². The van der Waals surface area contributed by atoms with Crippen LogP contribution in [0, 0.1) is 25.7 Å². The minimum atomic E-state index is 0.333. The number of benzene rings is 2. The van der Waals surface area contributed by atoms with Gasteiger partial charge in [-0.15, -0.1) is 0 Å². The first kappa shape index (κ1) is 14.8. The van der Waals surface area contributed by atoms with Crippen LogP contribution in [0.5, 0.6) is 11.5 Å². The molecule has 2 N–H and O–H groups in total. The van der Waals surface area contributed by atoms with Gasteiger partial charge in [0.05, 0.1) is 0 Å². The lowest BCUT2D eigenvalue weighted by Gasteiger charge is -2.04. The summed E-state index contributed by atoms with van der Waals surface area (Å²) < 4.78 is 11.1. The van der Waals surface area contributed by atoms with E-state index in [1.807, 2.05) is 38.1 Å². The van der Waals surface area contributed by atoms with Crippen molar-refractivity contribution in [3.8, 4) is 23.3 Å². The summed E-state index contributed by atoms with van der Waals surface area (Å²) in [5, 5.41) is 0. The molecule has 3 heteroatoms. The fraction of sp³-hybridized carbons (Fsp3) is 0.222. The van der Waals surface area contributed by atoms with E-state index in [0.717, 1.165) is 17.2 Å². The smallest absolute Gasteiger partial charge is 0.149 e. The lowest BCUT2D eigenvalue weighted by Crippen LogP contribution is -1.97. The molecule has 0 bridgehead atoms. The Morgan fingerprint density at radius 1 is 0.810 bits per heavy atom. The molecule has 0 radical (unpaired) electrons. The molecule has 3 nitrogen and oxygen atoms in total. The average molecular weight is 281 g/mol. The van der Waals surface area contributed by atoms with E-state index in [9.17, 15) is 0 Å². The van der Waals surface area contributed by atoms with Gasteiger partial charge in [-0.25, -0.2) is 0 Å². The summed E-state index contributed by atoms with van der Waals surface area (Å²) in [4.78, 5) is 0. The molecule has 0 saturated heterocycles. The summed E-state index contributed by atoms with van der Waals surface area (Å²) >= 11 is 0. The highest BCUT2D eigenvalue weighted by Gasteiger charge is 1.95. The quantitative estimate of drug-likeness (QED) is 0.690. The largest absolute Gasteiger partial charge is 0.481 e. The molecule has 0 heterocycles. The predicted molar refractivity (Wildman–Crippen MR) is 85.5 cm³/mol. The number of aryl methyl sites for hydroxylation is 2. The van der Waals surface area contributed by atoms with Gasteiger partial charge in [-0.2, -0.15) is 0 Å². The third-order valence-corrected chi connectivity index (χ3v) is 2.82. The van der Waals surface area contributed by atoms with E-state index in [0.29, 0.717) is 13.2 Å². The zero-order valence-electron chi connectivity index (χ0n) is 12.3. The van der Waals surface area contributed by atoms with Gasteiger partial charge in [-0.1, -0.05) is 17.9 Å². The summed E-state index contributed by atoms with van der Waals surface area (Å²) in [6.07, 6.45) is 0. The van der Waals surface area contributed by atoms with Crippen molar-refractivity contribution >= 4 is 5.69 Å². The molecule has 0 saturated carbocycles. The summed E-state index contributed by atoms with van der Waals surface area (Å²) in [7, 11) is 0. The van der Waals surface area contributed by atoms with Gasteiger partial charge >= 0.3 is 0 Å². The van der Waals surface area contributed by atoms with E-state index in [1.54, 1.807) is 12.1 Å². The fourth-order valence-electron chi connectivity index (χ4n) is 1.92. The number of hydrogen-bond donors (Lipinski definition) is 1. The third-order valence-electron chi connectivity index (χ3n) is 2.82. The lowest BCUT2D eigenvalue weighted by molar-refractivity contribution is 0.362. The molecule has 108 valence electrons. The van der Waals surface area contributed by atoms with Gasteiger partial charge in [0.15, 0.2) is 0 Å². The van der Waals surface area contributed by atoms with E-state index < -0.39 is 0 Å². The molecular weight excluding hydrogens is 262 g/mol. The van der Waals surface area contributed by atoms with E-state index in [2.05, 4.69) is 17.9 Å². The van der Waals surface area contributed by atoms with Gasteiger partial charge in [-0.05, 0) is 61.4 Å².